The van der Waals surface area contributed by atoms with E-state index in [1.165, 1.54) is 5.56 Å². The van der Waals surface area contributed by atoms with E-state index in [-0.39, 0.29) is 6.79 Å². The monoisotopic (exact) mass is 560 g/mol. The molecule has 0 saturated heterocycles. The standard InChI is InChI=1S/C32H44N2O3Si2/c1-25-21-28(37-24-36-18-20-39(5,6)7)14-15-29(25)27-13-16-31-30(22-27)32(26-11-9-8-10-12-26)33-34(31)23-35-17-19-38(2,3)4/h8-16,21-22H,17-20,23-24H2,1-7H3. The number of nitrogens with zero attached hydrogens (tertiary/aromatic N) is 2. The third kappa shape index (κ3) is 8.38. The van der Waals surface area contributed by atoms with Gasteiger partial charge in [0.05, 0.1) is 5.52 Å². The Bertz CT molecular complexity index is 1370. The Morgan fingerprint density at radius 3 is 2.10 bits per heavy atom. The topological polar surface area (TPSA) is 45.5 Å². The third-order valence-corrected chi connectivity index (χ3v) is 10.2. The van der Waals surface area contributed by atoms with E-state index in [2.05, 4.69) is 101 Å². The van der Waals surface area contributed by atoms with Crippen LogP contribution in [-0.4, -0.2) is 45.9 Å². The fraction of sp³-hybridized carbons (Fsp3) is 0.406. The number of hydrogen-bond donors (Lipinski definition) is 0. The van der Waals surface area contributed by atoms with E-state index in [1.807, 2.05) is 16.8 Å². The summed E-state index contributed by atoms with van der Waals surface area (Å²) in [6, 6.07) is 25.6. The number of rotatable bonds is 13. The summed E-state index contributed by atoms with van der Waals surface area (Å²) in [4.78, 5) is 0. The molecular formula is C32H44N2O3Si2. The van der Waals surface area contributed by atoms with E-state index >= 15 is 0 Å². The Balaban J connectivity index is 1.55. The van der Waals surface area contributed by atoms with Gasteiger partial charge in [-0.05, 0) is 60.0 Å². The lowest BCUT2D eigenvalue weighted by atomic mass is 9.97. The minimum Gasteiger partial charge on any atom is -0.468 e. The van der Waals surface area contributed by atoms with Crippen LogP contribution in [0.4, 0.5) is 0 Å². The van der Waals surface area contributed by atoms with Crippen LogP contribution in [0.25, 0.3) is 33.3 Å². The summed E-state index contributed by atoms with van der Waals surface area (Å²) >= 11 is 0. The van der Waals surface area contributed by atoms with Crippen molar-refractivity contribution in [2.45, 2.75) is 65.0 Å². The van der Waals surface area contributed by atoms with Gasteiger partial charge in [0.1, 0.15) is 18.2 Å². The van der Waals surface area contributed by atoms with Crippen LogP contribution in [0.5, 0.6) is 5.75 Å². The molecular weight excluding hydrogens is 517 g/mol. The van der Waals surface area contributed by atoms with Crippen molar-refractivity contribution in [1.82, 2.24) is 9.78 Å². The lowest BCUT2D eigenvalue weighted by Crippen LogP contribution is -2.22. The van der Waals surface area contributed by atoms with Crippen molar-refractivity contribution in [2.75, 3.05) is 20.0 Å². The van der Waals surface area contributed by atoms with Crippen molar-refractivity contribution in [2.24, 2.45) is 0 Å². The quantitative estimate of drug-likeness (QED) is 0.0932. The predicted molar refractivity (Wildman–Crippen MR) is 169 cm³/mol. The fourth-order valence-electron chi connectivity index (χ4n) is 4.38. The molecule has 1 aromatic heterocycles. The third-order valence-electron chi connectivity index (χ3n) is 6.82. The molecule has 0 spiro atoms. The van der Waals surface area contributed by atoms with Gasteiger partial charge in [-0.3, -0.25) is 0 Å². The van der Waals surface area contributed by atoms with E-state index in [0.717, 1.165) is 64.3 Å². The highest BCUT2D eigenvalue weighted by Gasteiger charge is 2.16. The van der Waals surface area contributed by atoms with Crippen LogP contribution in [0.3, 0.4) is 0 Å². The molecule has 0 aliphatic heterocycles. The highest BCUT2D eigenvalue weighted by molar-refractivity contribution is 6.76. The lowest BCUT2D eigenvalue weighted by molar-refractivity contribution is 0.0220. The largest absolute Gasteiger partial charge is 0.468 e. The SMILES string of the molecule is Cc1cc(OCOCC[Si](C)(C)C)ccc1-c1ccc2c(c1)c(-c1ccccc1)nn2COCC[Si](C)(C)C. The predicted octanol–water partition coefficient (Wildman–Crippen LogP) is 8.68. The molecule has 0 amide bonds. The highest BCUT2D eigenvalue weighted by atomic mass is 28.3. The van der Waals surface area contributed by atoms with Gasteiger partial charge >= 0.3 is 0 Å². The molecule has 5 nitrogen and oxygen atoms in total. The first-order chi connectivity index (χ1) is 18.5. The van der Waals surface area contributed by atoms with Gasteiger partial charge in [-0.2, -0.15) is 5.10 Å². The molecule has 0 aliphatic rings. The van der Waals surface area contributed by atoms with Crippen LogP contribution >= 0.6 is 0 Å². The fourth-order valence-corrected chi connectivity index (χ4v) is 5.89. The molecule has 4 rings (SSSR count). The van der Waals surface area contributed by atoms with Crippen molar-refractivity contribution in [3.8, 4) is 28.1 Å². The minimum atomic E-state index is -1.14. The molecule has 0 saturated carbocycles. The van der Waals surface area contributed by atoms with Crippen LogP contribution in [0, 0.1) is 6.92 Å². The van der Waals surface area contributed by atoms with Gasteiger partial charge in [-0.25, -0.2) is 4.68 Å². The van der Waals surface area contributed by atoms with Crippen molar-refractivity contribution in [3.05, 3.63) is 72.3 Å². The molecule has 208 valence electrons. The zero-order chi connectivity index (χ0) is 28.0. The van der Waals surface area contributed by atoms with Crippen molar-refractivity contribution in [1.29, 1.82) is 0 Å². The molecule has 0 bridgehead atoms. The zero-order valence-corrected chi connectivity index (χ0v) is 26.7. The summed E-state index contributed by atoms with van der Waals surface area (Å²) in [6.45, 7) is 18.6. The smallest absolute Gasteiger partial charge is 0.189 e. The molecule has 0 fully saturated rings. The zero-order valence-electron chi connectivity index (χ0n) is 24.7. The van der Waals surface area contributed by atoms with Crippen molar-refractivity contribution < 1.29 is 14.2 Å². The second-order valence-corrected chi connectivity index (χ2v) is 24.0. The maximum absolute atomic E-state index is 6.08. The molecule has 1 heterocycles. The van der Waals surface area contributed by atoms with E-state index in [9.17, 15) is 0 Å². The molecule has 4 aromatic rings. The molecule has 0 aliphatic carbocycles. The molecule has 3 aromatic carbocycles. The van der Waals surface area contributed by atoms with Gasteiger partial charge in [0, 0.05) is 40.3 Å². The van der Waals surface area contributed by atoms with Crippen LogP contribution in [0.2, 0.25) is 51.4 Å². The van der Waals surface area contributed by atoms with Crippen LogP contribution < -0.4 is 4.74 Å². The first-order valence-electron chi connectivity index (χ1n) is 14.0. The Morgan fingerprint density at radius 2 is 1.44 bits per heavy atom. The van der Waals surface area contributed by atoms with Crippen molar-refractivity contribution in [3.63, 3.8) is 0 Å². The maximum atomic E-state index is 6.08. The second-order valence-electron chi connectivity index (χ2n) is 12.8. The van der Waals surface area contributed by atoms with E-state index in [0.29, 0.717) is 6.73 Å². The summed E-state index contributed by atoms with van der Waals surface area (Å²) in [6.07, 6.45) is 0. The first kappa shape index (κ1) is 29.3. The van der Waals surface area contributed by atoms with Gasteiger partial charge in [-0.1, -0.05) is 81.7 Å². The van der Waals surface area contributed by atoms with E-state index in [4.69, 9.17) is 19.3 Å². The molecule has 0 atom stereocenters. The van der Waals surface area contributed by atoms with E-state index in [1.54, 1.807) is 0 Å². The first-order valence-corrected chi connectivity index (χ1v) is 21.4. The van der Waals surface area contributed by atoms with E-state index < -0.39 is 16.1 Å². The van der Waals surface area contributed by atoms with Crippen LogP contribution in [0.15, 0.2) is 66.7 Å². The van der Waals surface area contributed by atoms with Crippen molar-refractivity contribution >= 4 is 27.1 Å². The van der Waals surface area contributed by atoms with Gasteiger partial charge in [-0.15, -0.1) is 0 Å². The summed E-state index contributed by atoms with van der Waals surface area (Å²) in [5, 5.41) is 6.13. The van der Waals surface area contributed by atoms with Gasteiger partial charge in [0.25, 0.3) is 0 Å². The van der Waals surface area contributed by atoms with Crippen LogP contribution in [0.1, 0.15) is 5.56 Å². The summed E-state index contributed by atoms with van der Waals surface area (Å²) in [7, 11) is -2.23. The van der Waals surface area contributed by atoms with Crippen LogP contribution in [-0.2, 0) is 16.2 Å². The molecule has 0 unspecified atom stereocenters. The molecule has 39 heavy (non-hydrogen) atoms. The Labute approximate surface area is 236 Å². The highest BCUT2D eigenvalue weighted by Crippen LogP contribution is 2.34. The Morgan fingerprint density at radius 1 is 0.744 bits per heavy atom. The number of hydrogen-bond acceptors (Lipinski definition) is 4. The maximum Gasteiger partial charge on any atom is 0.189 e. The normalized spacial score (nSPS) is 12.3. The van der Waals surface area contributed by atoms with Gasteiger partial charge in [0.15, 0.2) is 6.79 Å². The lowest BCUT2D eigenvalue weighted by Gasteiger charge is -2.16. The van der Waals surface area contributed by atoms with Gasteiger partial charge < -0.3 is 14.2 Å². The molecule has 0 N–H and O–H groups in total. The average molecular weight is 561 g/mol. The van der Waals surface area contributed by atoms with Gasteiger partial charge in [0.2, 0.25) is 0 Å². The summed E-state index contributed by atoms with van der Waals surface area (Å²) < 4.78 is 19.7. The Kier molecular flexibility index (Phi) is 9.49. The second kappa shape index (κ2) is 12.6. The number of aromatic nitrogens is 2. The number of benzene rings is 3. The summed E-state index contributed by atoms with van der Waals surface area (Å²) in [5.74, 6) is 0.832. The molecule has 0 radical (unpaired) electrons. The Hall–Kier alpha value is -2.72. The number of ether oxygens (including phenoxy) is 3. The number of aryl methyl sites for hydroxylation is 1. The average Bonchev–Trinajstić information content (AvgIpc) is 3.23. The molecule has 7 heteroatoms. The summed E-state index contributed by atoms with van der Waals surface area (Å²) in [5.41, 5.74) is 6.68. The minimum absolute atomic E-state index is 0.287. The number of fused-ring (bicyclic) bond motifs is 1.